The number of para-hydroxylation sites is 1. The molecule has 1 aliphatic rings. The molecule has 0 saturated carbocycles. The molecular formula is C16H23NO. The van der Waals surface area contributed by atoms with E-state index in [1.807, 2.05) is 18.2 Å². The normalized spacial score (nSPS) is 25.4. The van der Waals surface area contributed by atoms with E-state index in [-0.39, 0.29) is 12.6 Å². The van der Waals surface area contributed by atoms with Crippen LogP contribution in [0.3, 0.4) is 0 Å². The number of hydrogen-bond acceptors (Lipinski definition) is 2. The summed E-state index contributed by atoms with van der Waals surface area (Å²) in [6, 6.07) is 10.3. The third-order valence-corrected chi connectivity index (χ3v) is 3.72. The summed E-state index contributed by atoms with van der Waals surface area (Å²) >= 11 is 0. The van der Waals surface area contributed by atoms with Crippen molar-refractivity contribution < 1.29 is 5.11 Å². The van der Waals surface area contributed by atoms with Gasteiger partial charge in [-0.25, -0.2) is 0 Å². The van der Waals surface area contributed by atoms with Crippen LogP contribution in [0.15, 0.2) is 42.0 Å². The minimum absolute atomic E-state index is 0.151. The first-order valence-electron chi connectivity index (χ1n) is 6.78. The lowest BCUT2D eigenvalue weighted by Crippen LogP contribution is -2.35. The first kappa shape index (κ1) is 13.2. The molecule has 3 unspecified atom stereocenters. The third-order valence-electron chi connectivity index (χ3n) is 3.72. The van der Waals surface area contributed by atoms with Gasteiger partial charge in [0, 0.05) is 5.69 Å². The topological polar surface area (TPSA) is 32.3 Å². The smallest absolute Gasteiger partial charge is 0.0635 e. The van der Waals surface area contributed by atoms with E-state index in [1.165, 1.54) is 5.57 Å². The highest BCUT2D eigenvalue weighted by atomic mass is 16.3. The average molecular weight is 245 g/mol. The molecule has 2 nitrogen and oxygen atoms in total. The van der Waals surface area contributed by atoms with E-state index >= 15 is 0 Å². The summed E-state index contributed by atoms with van der Waals surface area (Å²) in [7, 11) is 0. The van der Waals surface area contributed by atoms with E-state index in [9.17, 15) is 5.11 Å². The predicted molar refractivity (Wildman–Crippen MR) is 76.6 cm³/mol. The van der Waals surface area contributed by atoms with Crippen LogP contribution in [0.1, 0.15) is 26.7 Å². The zero-order chi connectivity index (χ0) is 13.0. The molecule has 0 heterocycles. The van der Waals surface area contributed by atoms with Gasteiger partial charge in [-0.05, 0) is 43.7 Å². The van der Waals surface area contributed by atoms with Crippen LogP contribution in [-0.4, -0.2) is 17.8 Å². The van der Waals surface area contributed by atoms with E-state index in [0.717, 1.165) is 18.5 Å². The zero-order valence-electron chi connectivity index (χ0n) is 11.3. The molecule has 1 aliphatic carbocycles. The minimum atomic E-state index is 0.151. The largest absolute Gasteiger partial charge is 0.394 e. The van der Waals surface area contributed by atoms with E-state index in [4.69, 9.17) is 0 Å². The number of anilines is 1. The van der Waals surface area contributed by atoms with Gasteiger partial charge in [-0.15, -0.1) is 0 Å². The summed E-state index contributed by atoms with van der Waals surface area (Å²) < 4.78 is 0. The van der Waals surface area contributed by atoms with Crippen LogP contribution < -0.4 is 5.32 Å². The first-order valence-corrected chi connectivity index (χ1v) is 6.78. The molecule has 98 valence electrons. The van der Waals surface area contributed by atoms with Crippen molar-refractivity contribution in [2.75, 3.05) is 11.9 Å². The van der Waals surface area contributed by atoms with Crippen LogP contribution in [0, 0.1) is 11.8 Å². The van der Waals surface area contributed by atoms with E-state index in [0.29, 0.717) is 11.8 Å². The van der Waals surface area contributed by atoms with Gasteiger partial charge in [-0.1, -0.05) is 36.8 Å². The van der Waals surface area contributed by atoms with Gasteiger partial charge >= 0.3 is 0 Å². The SMILES string of the molecule is CC1=CC(C)CC(C(CO)Nc2ccccc2)C1. The fraction of sp³-hybridized carbons (Fsp3) is 0.500. The zero-order valence-corrected chi connectivity index (χ0v) is 11.3. The predicted octanol–water partition coefficient (Wildman–Crippen LogP) is 3.45. The van der Waals surface area contributed by atoms with E-state index in [2.05, 4.69) is 37.4 Å². The molecule has 0 aliphatic heterocycles. The van der Waals surface area contributed by atoms with Gasteiger partial charge in [-0.2, -0.15) is 0 Å². The summed E-state index contributed by atoms with van der Waals surface area (Å²) in [4.78, 5) is 0. The molecule has 0 bridgehead atoms. The highest BCUT2D eigenvalue weighted by Crippen LogP contribution is 2.31. The van der Waals surface area contributed by atoms with E-state index < -0.39 is 0 Å². The molecule has 2 N–H and O–H groups in total. The molecule has 0 spiro atoms. The van der Waals surface area contributed by atoms with Crippen LogP contribution >= 0.6 is 0 Å². The lowest BCUT2D eigenvalue weighted by Gasteiger charge is -2.32. The summed E-state index contributed by atoms with van der Waals surface area (Å²) in [5.74, 6) is 1.14. The maximum absolute atomic E-state index is 9.63. The molecule has 2 heteroatoms. The second kappa shape index (κ2) is 6.05. The van der Waals surface area contributed by atoms with Gasteiger partial charge < -0.3 is 10.4 Å². The van der Waals surface area contributed by atoms with Crippen molar-refractivity contribution in [3.8, 4) is 0 Å². The maximum Gasteiger partial charge on any atom is 0.0635 e. The van der Waals surface area contributed by atoms with Crippen LogP contribution in [-0.2, 0) is 0 Å². The van der Waals surface area contributed by atoms with Gasteiger partial charge in [0.05, 0.1) is 12.6 Å². The van der Waals surface area contributed by atoms with Crippen molar-refractivity contribution in [1.29, 1.82) is 0 Å². The van der Waals surface area contributed by atoms with Crippen molar-refractivity contribution in [3.63, 3.8) is 0 Å². The average Bonchev–Trinajstić information content (AvgIpc) is 2.36. The van der Waals surface area contributed by atoms with Crippen molar-refractivity contribution >= 4 is 5.69 Å². The van der Waals surface area contributed by atoms with Gasteiger partial charge in [0.25, 0.3) is 0 Å². The lowest BCUT2D eigenvalue weighted by molar-refractivity contribution is 0.220. The monoisotopic (exact) mass is 245 g/mol. The van der Waals surface area contributed by atoms with Crippen molar-refractivity contribution in [2.24, 2.45) is 11.8 Å². The number of hydrogen-bond donors (Lipinski definition) is 2. The highest BCUT2D eigenvalue weighted by molar-refractivity contribution is 5.43. The maximum atomic E-state index is 9.63. The number of nitrogens with one attached hydrogen (secondary N) is 1. The number of aliphatic hydroxyl groups is 1. The second-order valence-electron chi connectivity index (χ2n) is 5.49. The summed E-state index contributed by atoms with van der Waals surface area (Å²) in [5.41, 5.74) is 2.54. The fourth-order valence-corrected chi connectivity index (χ4v) is 2.96. The second-order valence-corrected chi connectivity index (χ2v) is 5.49. The van der Waals surface area contributed by atoms with Crippen LogP contribution in [0.25, 0.3) is 0 Å². The third kappa shape index (κ3) is 3.36. The Morgan fingerprint density at radius 1 is 1.33 bits per heavy atom. The summed E-state index contributed by atoms with van der Waals surface area (Å²) in [5, 5.41) is 13.1. The van der Waals surface area contributed by atoms with Crippen LogP contribution in [0.5, 0.6) is 0 Å². The molecule has 1 aromatic rings. The Morgan fingerprint density at radius 2 is 2.06 bits per heavy atom. The fourth-order valence-electron chi connectivity index (χ4n) is 2.96. The Kier molecular flexibility index (Phi) is 4.43. The van der Waals surface area contributed by atoms with Gasteiger partial charge in [0.15, 0.2) is 0 Å². The summed E-state index contributed by atoms with van der Waals surface area (Å²) in [6.07, 6.45) is 4.60. The Labute approximate surface area is 110 Å². The molecule has 0 aromatic heterocycles. The quantitative estimate of drug-likeness (QED) is 0.796. The van der Waals surface area contributed by atoms with Crippen LogP contribution in [0.4, 0.5) is 5.69 Å². The number of rotatable bonds is 4. The van der Waals surface area contributed by atoms with Crippen molar-refractivity contribution in [3.05, 3.63) is 42.0 Å². The first-order chi connectivity index (χ1) is 8.69. The Bertz CT molecular complexity index is 399. The molecular weight excluding hydrogens is 222 g/mol. The lowest BCUT2D eigenvalue weighted by atomic mass is 9.79. The molecule has 0 amide bonds. The molecule has 2 rings (SSSR count). The Balaban J connectivity index is 2.03. The van der Waals surface area contributed by atoms with Gasteiger partial charge in [0.1, 0.15) is 0 Å². The molecule has 18 heavy (non-hydrogen) atoms. The number of benzene rings is 1. The number of aliphatic hydroxyl groups excluding tert-OH is 1. The molecule has 0 radical (unpaired) electrons. The minimum Gasteiger partial charge on any atom is -0.394 e. The molecule has 3 atom stereocenters. The van der Waals surface area contributed by atoms with Crippen molar-refractivity contribution in [2.45, 2.75) is 32.7 Å². The van der Waals surface area contributed by atoms with Gasteiger partial charge in [-0.3, -0.25) is 0 Å². The standard InChI is InChI=1S/C16H23NO/c1-12-8-13(2)10-14(9-12)16(11-18)17-15-6-4-3-5-7-15/h3-8,12,14,16-18H,9-11H2,1-2H3. The Morgan fingerprint density at radius 3 is 2.67 bits per heavy atom. The number of allylic oxidation sites excluding steroid dienone is 2. The molecule has 1 aromatic carbocycles. The van der Waals surface area contributed by atoms with Gasteiger partial charge in [0.2, 0.25) is 0 Å². The highest BCUT2D eigenvalue weighted by Gasteiger charge is 2.25. The van der Waals surface area contributed by atoms with E-state index in [1.54, 1.807) is 0 Å². The van der Waals surface area contributed by atoms with Crippen LogP contribution in [0.2, 0.25) is 0 Å². The van der Waals surface area contributed by atoms with Crippen molar-refractivity contribution in [1.82, 2.24) is 0 Å². The molecule has 0 fully saturated rings. The summed E-state index contributed by atoms with van der Waals surface area (Å²) in [6.45, 7) is 4.64. The molecule has 0 saturated heterocycles. The Hall–Kier alpha value is -1.28.